The van der Waals surface area contributed by atoms with Gasteiger partial charge in [-0.05, 0) is 72.5 Å². The second kappa shape index (κ2) is 8.89. The van der Waals surface area contributed by atoms with Crippen LogP contribution >= 0.6 is 0 Å². The molecule has 0 aliphatic heterocycles. The number of ether oxygens (including phenoxy) is 1. The fraction of sp³-hybridized carbons (Fsp3) is 1.00. The van der Waals surface area contributed by atoms with E-state index in [2.05, 4.69) is 31.1 Å². The van der Waals surface area contributed by atoms with E-state index in [1.165, 1.54) is 51.6 Å². The van der Waals surface area contributed by atoms with Crippen LogP contribution in [0.1, 0.15) is 52.4 Å². The van der Waals surface area contributed by atoms with Crippen molar-refractivity contribution in [2.75, 3.05) is 27.2 Å². The third-order valence-corrected chi connectivity index (χ3v) is 4.26. The van der Waals surface area contributed by atoms with Gasteiger partial charge in [0.15, 0.2) is 0 Å². The minimum absolute atomic E-state index is 0.516. The van der Waals surface area contributed by atoms with Crippen LogP contribution in [0.15, 0.2) is 0 Å². The summed E-state index contributed by atoms with van der Waals surface area (Å²) in [5.74, 6) is 0. The SMILES string of the molecule is COC1CCC(NCCCCN(C)C(C)C)CC1. The van der Waals surface area contributed by atoms with Crippen LogP contribution in [0.2, 0.25) is 0 Å². The number of unbranched alkanes of at least 4 members (excludes halogenated alkanes) is 1. The highest BCUT2D eigenvalue weighted by Crippen LogP contribution is 2.20. The lowest BCUT2D eigenvalue weighted by Crippen LogP contribution is -2.36. The summed E-state index contributed by atoms with van der Waals surface area (Å²) in [5.41, 5.74) is 0. The van der Waals surface area contributed by atoms with Crippen LogP contribution in [-0.4, -0.2) is 50.3 Å². The Bertz CT molecular complexity index is 201. The normalized spacial score (nSPS) is 25.0. The number of hydrogen-bond acceptors (Lipinski definition) is 3. The first kappa shape index (κ1) is 15.9. The number of nitrogens with zero attached hydrogens (tertiary/aromatic N) is 1. The Morgan fingerprint density at radius 2 is 1.83 bits per heavy atom. The third kappa shape index (κ3) is 6.17. The maximum Gasteiger partial charge on any atom is 0.0572 e. The van der Waals surface area contributed by atoms with Gasteiger partial charge in [0.1, 0.15) is 0 Å². The summed E-state index contributed by atoms with van der Waals surface area (Å²) >= 11 is 0. The predicted molar refractivity (Wildman–Crippen MR) is 78.1 cm³/mol. The van der Waals surface area contributed by atoms with Crippen LogP contribution in [0, 0.1) is 0 Å². The molecule has 3 heteroatoms. The predicted octanol–water partition coefficient (Wildman–Crippen LogP) is 2.65. The number of methoxy groups -OCH3 is 1. The monoisotopic (exact) mass is 256 g/mol. The summed E-state index contributed by atoms with van der Waals surface area (Å²) in [6.45, 7) is 6.91. The van der Waals surface area contributed by atoms with Crippen LogP contribution in [0.3, 0.4) is 0 Å². The molecule has 0 unspecified atom stereocenters. The molecule has 0 atom stereocenters. The van der Waals surface area contributed by atoms with Gasteiger partial charge in [0.2, 0.25) is 0 Å². The van der Waals surface area contributed by atoms with Crippen molar-refractivity contribution in [1.82, 2.24) is 10.2 Å². The molecule has 1 fully saturated rings. The first-order valence-corrected chi connectivity index (χ1v) is 7.60. The van der Waals surface area contributed by atoms with Crippen molar-refractivity contribution in [3.05, 3.63) is 0 Å². The van der Waals surface area contributed by atoms with E-state index < -0.39 is 0 Å². The molecule has 18 heavy (non-hydrogen) atoms. The minimum Gasteiger partial charge on any atom is -0.381 e. The van der Waals surface area contributed by atoms with Gasteiger partial charge >= 0.3 is 0 Å². The standard InChI is InChI=1S/C15H32N2O/c1-13(2)17(3)12-6-5-11-16-14-7-9-15(18-4)10-8-14/h13-16H,5-12H2,1-4H3. The van der Waals surface area contributed by atoms with Gasteiger partial charge in [0, 0.05) is 19.2 Å². The third-order valence-electron chi connectivity index (χ3n) is 4.26. The van der Waals surface area contributed by atoms with Crippen LogP contribution in [0.4, 0.5) is 0 Å². The summed E-state index contributed by atoms with van der Waals surface area (Å²) < 4.78 is 5.40. The zero-order valence-electron chi connectivity index (χ0n) is 12.7. The molecule has 0 aromatic heterocycles. The molecule has 1 N–H and O–H groups in total. The lowest BCUT2D eigenvalue weighted by atomic mass is 9.93. The largest absolute Gasteiger partial charge is 0.381 e. The van der Waals surface area contributed by atoms with Crippen molar-refractivity contribution in [3.63, 3.8) is 0 Å². The molecule has 0 radical (unpaired) electrons. The van der Waals surface area contributed by atoms with E-state index in [-0.39, 0.29) is 0 Å². The van der Waals surface area contributed by atoms with Gasteiger partial charge in [-0.25, -0.2) is 0 Å². The van der Waals surface area contributed by atoms with Crippen molar-refractivity contribution < 1.29 is 4.74 Å². The van der Waals surface area contributed by atoms with Crippen molar-refractivity contribution in [2.45, 2.75) is 70.6 Å². The Morgan fingerprint density at radius 3 is 2.39 bits per heavy atom. The molecule has 1 rings (SSSR count). The van der Waals surface area contributed by atoms with Gasteiger partial charge in [0.25, 0.3) is 0 Å². The molecular weight excluding hydrogens is 224 g/mol. The molecule has 0 saturated heterocycles. The maximum absolute atomic E-state index is 5.40. The van der Waals surface area contributed by atoms with Gasteiger partial charge in [-0.3, -0.25) is 0 Å². The zero-order chi connectivity index (χ0) is 13.4. The van der Waals surface area contributed by atoms with E-state index in [9.17, 15) is 0 Å². The van der Waals surface area contributed by atoms with Crippen molar-refractivity contribution >= 4 is 0 Å². The van der Waals surface area contributed by atoms with E-state index in [4.69, 9.17) is 4.74 Å². The average Bonchev–Trinajstić information content (AvgIpc) is 2.38. The van der Waals surface area contributed by atoms with E-state index in [1.54, 1.807) is 0 Å². The molecule has 0 heterocycles. The Kier molecular flexibility index (Phi) is 7.87. The Balaban J connectivity index is 1.95. The minimum atomic E-state index is 0.516. The summed E-state index contributed by atoms with van der Waals surface area (Å²) in [4.78, 5) is 2.42. The van der Waals surface area contributed by atoms with Gasteiger partial charge in [0.05, 0.1) is 6.10 Å². The van der Waals surface area contributed by atoms with E-state index in [0.29, 0.717) is 12.1 Å². The molecule has 0 bridgehead atoms. The maximum atomic E-state index is 5.40. The number of rotatable bonds is 8. The first-order chi connectivity index (χ1) is 8.63. The lowest BCUT2D eigenvalue weighted by molar-refractivity contribution is 0.0625. The molecule has 3 nitrogen and oxygen atoms in total. The Morgan fingerprint density at radius 1 is 1.17 bits per heavy atom. The highest BCUT2D eigenvalue weighted by Gasteiger charge is 2.19. The number of nitrogens with one attached hydrogen (secondary N) is 1. The van der Waals surface area contributed by atoms with Crippen LogP contribution in [-0.2, 0) is 4.74 Å². The summed E-state index contributed by atoms with van der Waals surface area (Å²) in [7, 11) is 4.05. The summed E-state index contributed by atoms with van der Waals surface area (Å²) in [5, 5.41) is 3.70. The highest BCUT2D eigenvalue weighted by molar-refractivity contribution is 4.77. The molecule has 1 saturated carbocycles. The molecular formula is C15H32N2O. The molecule has 1 aliphatic rings. The average molecular weight is 256 g/mol. The van der Waals surface area contributed by atoms with Gasteiger partial charge in [-0.15, -0.1) is 0 Å². The lowest BCUT2D eigenvalue weighted by Gasteiger charge is -2.28. The summed E-state index contributed by atoms with van der Waals surface area (Å²) in [6, 6.07) is 1.40. The van der Waals surface area contributed by atoms with E-state index in [0.717, 1.165) is 6.04 Å². The summed E-state index contributed by atoms with van der Waals surface area (Å²) in [6.07, 6.45) is 8.13. The highest BCUT2D eigenvalue weighted by atomic mass is 16.5. The molecule has 1 aliphatic carbocycles. The second-order valence-electron chi connectivity index (χ2n) is 5.94. The van der Waals surface area contributed by atoms with Crippen molar-refractivity contribution in [3.8, 4) is 0 Å². The second-order valence-corrected chi connectivity index (χ2v) is 5.94. The topological polar surface area (TPSA) is 24.5 Å². The van der Waals surface area contributed by atoms with Gasteiger partial charge in [-0.2, -0.15) is 0 Å². The molecule has 0 amide bonds. The fourth-order valence-corrected chi connectivity index (χ4v) is 2.55. The molecule has 0 aromatic carbocycles. The van der Waals surface area contributed by atoms with Gasteiger partial charge in [-0.1, -0.05) is 0 Å². The molecule has 108 valence electrons. The molecule has 0 spiro atoms. The smallest absolute Gasteiger partial charge is 0.0572 e. The number of hydrogen-bond donors (Lipinski definition) is 1. The van der Waals surface area contributed by atoms with Crippen LogP contribution in [0.5, 0.6) is 0 Å². The Hall–Kier alpha value is -0.120. The van der Waals surface area contributed by atoms with E-state index >= 15 is 0 Å². The molecule has 0 aromatic rings. The van der Waals surface area contributed by atoms with Crippen LogP contribution in [0.25, 0.3) is 0 Å². The quantitative estimate of drug-likeness (QED) is 0.676. The fourth-order valence-electron chi connectivity index (χ4n) is 2.55. The van der Waals surface area contributed by atoms with Crippen molar-refractivity contribution in [2.24, 2.45) is 0 Å². The first-order valence-electron chi connectivity index (χ1n) is 7.60. The van der Waals surface area contributed by atoms with Gasteiger partial charge < -0.3 is 15.0 Å². The van der Waals surface area contributed by atoms with E-state index in [1.807, 2.05) is 7.11 Å². The van der Waals surface area contributed by atoms with Crippen molar-refractivity contribution in [1.29, 1.82) is 0 Å². The van der Waals surface area contributed by atoms with Crippen LogP contribution < -0.4 is 5.32 Å². The zero-order valence-corrected chi connectivity index (χ0v) is 12.7. The Labute approximate surface area is 113 Å².